The number of carbonyl (C=O) groups excluding carboxylic acids is 3. The molecule has 4 N–H and O–H groups in total. The number of Topliss-reactive ketones (excluding diaryl/α,β-unsaturated/α-hetero) is 3. The van der Waals surface area contributed by atoms with Crippen LogP contribution in [-0.2, 0) is 14.4 Å². The van der Waals surface area contributed by atoms with Crippen molar-refractivity contribution in [3.63, 3.8) is 0 Å². The van der Waals surface area contributed by atoms with Gasteiger partial charge in [0.05, 0.1) is 12.8 Å². The smallest absolute Gasteiger partial charge is 0.147 e. The molecule has 0 atom stereocenters. The molecule has 5 heteroatoms. The van der Waals surface area contributed by atoms with E-state index >= 15 is 0 Å². The van der Waals surface area contributed by atoms with Crippen LogP contribution in [0.5, 0.6) is 0 Å². The lowest BCUT2D eigenvalue weighted by Gasteiger charge is -1.98. The average molecular weight is 200 g/mol. The summed E-state index contributed by atoms with van der Waals surface area (Å²) in [6.07, 6.45) is 0.00859. The summed E-state index contributed by atoms with van der Waals surface area (Å²) in [5.41, 5.74) is 10.3. The summed E-state index contributed by atoms with van der Waals surface area (Å²) in [5, 5.41) is 0. The van der Waals surface area contributed by atoms with E-state index in [9.17, 15) is 14.4 Å². The number of nitrogens with two attached hydrogens (primary N) is 2. The van der Waals surface area contributed by atoms with E-state index < -0.39 is 0 Å². The quantitative estimate of drug-likeness (QED) is 0.498. The van der Waals surface area contributed by atoms with Crippen molar-refractivity contribution in [2.24, 2.45) is 11.5 Å². The van der Waals surface area contributed by atoms with Crippen molar-refractivity contribution in [1.29, 1.82) is 0 Å². The van der Waals surface area contributed by atoms with Gasteiger partial charge < -0.3 is 11.5 Å². The molecule has 0 amide bonds. The molecule has 0 bridgehead atoms. The summed E-state index contributed by atoms with van der Waals surface area (Å²) < 4.78 is 0. The second kappa shape index (κ2) is 7.34. The Labute approximate surface area is 82.8 Å². The number of carbonyl (C=O) groups is 3. The molecule has 0 saturated heterocycles. The highest BCUT2D eigenvalue weighted by Gasteiger charge is 2.12. The van der Waals surface area contributed by atoms with Gasteiger partial charge in [0, 0.05) is 12.8 Å². The zero-order valence-corrected chi connectivity index (χ0v) is 8.12. The van der Waals surface area contributed by atoms with E-state index in [1.807, 2.05) is 0 Å². The van der Waals surface area contributed by atoms with Gasteiger partial charge in [-0.2, -0.15) is 0 Å². The lowest BCUT2D eigenvalue weighted by atomic mass is 10.1. The molecule has 80 valence electrons. The molecule has 0 aliphatic carbocycles. The first-order valence-corrected chi connectivity index (χ1v) is 4.55. The van der Waals surface area contributed by atoms with E-state index in [0.29, 0.717) is 0 Å². The molecule has 0 rings (SSSR count). The number of hydrogen-bond acceptors (Lipinski definition) is 5. The Bertz CT molecular complexity index is 204. The monoisotopic (exact) mass is 200 g/mol. The fourth-order valence-corrected chi connectivity index (χ4v) is 1.00. The Morgan fingerprint density at radius 3 is 1.36 bits per heavy atom. The summed E-state index contributed by atoms with van der Waals surface area (Å²) in [5.74, 6) is -0.766. The Morgan fingerprint density at radius 2 is 1.07 bits per heavy atom. The van der Waals surface area contributed by atoms with Crippen LogP contribution in [0.1, 0.15) is 25.7 Å². The molecule has 0 unspecified atom stereocenters. The van der Waals surface area contributed by atoms with Crippen molar-refractivity contribution < 1.29 is 14.4 Å². The molecule has 0 spiro atoms. The van der Waals surface area contributed by atoms with Crippen LogP contribution in [0.3, 0.4) is 0 Å². The molecule has 0 aliphatic heterocycles. The number of ketones is 3. The van der Waals surface area contributed by atoms with E-state index in [1.165, 1.54) is 0 Å². The van der Waals surface area contributed by atoms with E-state index in [4.69, 9.17) is 11.5 Å². The summed E-state index contributed by atoms with van der Waals surface area (Å²) >= 11 is 0. The van der Waals surface area contributed by atoms with Gasteiger partial charge in [0.1, 0.15) is 17.3 Å². The van der Waals surface area contributed by atoms with E-state index in [2.05, 4.69) is 0 Å². The van der Waals surface area contributed by atoms with Crippen molar-refractivity contribution in [2.45, 2.75) is 25.7 Å². The summed E-state index contributed by atoms with van der Waals surface area (Å²) in [6.45, 7) is 0.478. The fraction of sp³-hybridized carbons (Fsp3) is 0.667. The maximum atomic E-state index is 11.1. The first kappa shape index (κ1) is 12.9. The molecule has 0 aromatic carbocycles. The molecule has 14 heavy (non-hydrogen) atoms. The molecule has 0 radical (unpaired) electrons. The number of hydrogen-bond donors (Lipinski definition) is 2. The van der Waals surface area contributed by atoms with E-state index in [0.717, 1.165) is 0 Å². The average Bonchev–Trinajstić information content (AvgIpc) is 2.03. The Balaban J connectivity index is 3.75. The lowest BCUT2D eigenvalue weighted by Crippen LogP contribution is -2.16. The second-order valence-electron chi connectivity index (χ2n) is 3.05. The van der Waals surface area contributed by atoms with Gasteiger partial charge >= 0.3 is 0 Å². The van der Waals surface area contributed by atoms with Gasteiger partial charge in [-0.1, -0.05) is 0 Å². The molecular weight excluding hydrogens is 184 g/mol. The van der Waals surface area contributed by atoms with Gasteiger partial charge in [-0.15, -0.1) is 0 Å². The normalized spacial score (nSPS) is 9.86. The van der Waals surface area contributed by atoms with Crippen molar-refractivity contribution in [3.05, 3.63) is 0 Å². The van der Waals surface area contributed by atoms with Crippen LogP contribution in [0, 0.1) is 0 Å². The Morgan fingerprint density at radius 1 is 0.714 bits per heavy atom. The summed E-state index contributed by atoms with van der Waals surface area (Å²) in [4.78, 5) is 33.0. The summed E-state index contributed by atoms with van der Waals surface area (Å²) in [7, 11) is 0. The molecule has 0 heterocycles. The van der Waals surface area contributed by atoms with Crippen molar-refractivity contribution in [2.75, 3.05) is 13.1 Å². The third-order valence-corrected chi connectivity index (χ3v) is 1.64. The summed E-state index contributed by atoms with van der Waals surface area (Å²) in [6, 6.07) is 0. The van der Waals surface area contributed by atoms with Gasteiger partial charge in [0.15, 0.2) is 0 Å². The Kier molecular flexibility index (Phi) is 6.78. The van der Waals surface area contributed by atoms with Crippen LogP contribution in [0.4, 0.5) is 0 Å². The Hall–Kier alpha value is -1.07. The molecule has 5 nitrogen and oxygen atoms in total. The van der Waals surface area contributed by atoms with Gasteiger partial charge in [0.2, 0.25) is 0 Å². The predicted octanol–water partition coefficient (Wildman–Crippen LogP) is -0.828. The standard InChI is InChI=1S/C9H16N2O3/c10-3-1-7(12)5-9(14)6-8(13)2-4-11/h1-6,10-11H2. The molecule has 0 aromatic heterocycles. The SMILES string of the molecule is NCCC(=O)CC(=O)CC(=O)CCN. The van der Waals surface area contributed by atoms with Crippen LogP contribution in [-0.4, -0.2) is 30.4 Å². The maximum Gasteiger partial charge on any atom is 0.147 e. The molecule has 0 saturated carbocycles. The second-order valence-corrected chi connectivity index (χ2v) is 3.05. The van der Waals surface area contributed by atoms with Gasteiger partial charge in [-0.05, 0) is 13.1 Å². The molecule has 0 aliphatic rings. The minimum Gasteiger partial charge on any atom is -0.330 e. The molecular formula is C9H16N2O3. The zero-order chi connectivity index (χ0) is 11.0. The molecule has 0 aromatic rings. The van der Waals surface area contributed by atoms with Gasteiger partial charge in [-0.25, -0.2) is 0 Å². The van der Waals surface area contributed by atoms with Crippen molar-refractivity contribution in [3.8, 4) is 0 Å². The van der Waals surface area contributed by atoms with Crippen LogP contribution < -0.4 is 11.5 Å². The highest BCUT2D eigenvalue weighted by Crippen LogP contribution is 1.97. The third kappa shape index (κ3) is 6.45. The highest BCUT2D eigenvalue weighted by molar-refractivity contribution is 6.07. The van der Waals surface area contributed by atoms with Crippen LogP contribution in [0.25, 0.3) is 0 Å². The highest BCUT2D eigenvalue weighted by atomic mass is 16.2. The van der Waals surface area contributed by atoms with Gasteiger partial charge in [-0.3, -0.25) is 14.4 Å². The maximum absolute atomic E-state index is 11.1. The van der Waals surface area contributed by atoms with Crippen molar-refractivity contribution in [1.82, 2.24) is 0 Å². The largest absolute Gasteiger partial charge is 0.330 e. The first-order valence-electron chi connectivity index (χ1n) is 4.55. The topological polar surface area (TPSA) is 103 Å². The fourth-order valence-electron chi connectivity index (χ4n) is 1.00. The predicted molar refractivity (Wildman–Crippen MR) is 51.6 cm³/mol. The van der Waals surface area contributed by atoms with Gasteiger partial charge in [0.25, 0.3) is 0 Å². The first-order chi connectivity index (χ1) is 6.60. The number of rotatable bonds is 8. The van der Waals surface area contributed by atoms with Crippen LogP contribution in [0.2, 0.25) is 0 Å². The minimum absolute atomic E-state index is 0.187. The minimum atomic E-state index is -0.345. The van der Waals surface area contributed by atoms with Crippen molar-refractivity contribution >= 4 is 17.3 Å². The van der Waals surface area contributed by atoms with E-state index in [-0.39, 0.29) is 56.1 Å². The third-order valence-electron chi connectivity index (χ3n) is 1.64. The van der Waals surface area contributed by atoms with E-state index in [1.54, 1.807) is 0 Å². The van der Waals surface area contributed by atoms with Crippen LogP contribution >= 0.6 is 0 Å². The zero-order valence-electron chi connectivity index (χ0n) is 8.12. The lowest BCUT2D eigenvalue weighted by molar-refractivity contribution is -0.129. The molecule has 0 fully saturated rings. The van der Waals surface area contributed by atoms with Crippen LogP contribution in [0.15, 0.2) is 0 Å².